The molecule has 0 aliphatic carbocycles. The van der Waals surface area contributed by atoms with Gasteiger partial charge in [0.2, 0.25) is 0 Å². The van der Waals surface area contributed by atoms with Crippen LogP contribution >= 0.6 is 0 Å². The zero-order chi connectivity index (χ0) is 17.3. The summed E-state index contributed by atoms with van der Waals surface area (Å²) < 4.78 is 17.5. The molecule has 0 N–H and O–H groups in total. The Morgan fingerprint density at radius 1 is 0.960 bits per heavy atom. The van der Waals surface area contributed by atoms with Crippen molar-refractivity contribution in [3.63, 3.8) is 0 Å². The van der Waals surface area contributed by atoms with Gasteiger partial charge < -0.3 is 14.2 Å². The van der Waals surface area contributed by atoms with Gasteiger partial charge in [-0.2, -0.15) is 0 Å². The molecule has 1 aliphatic heterocycles. The van der Waals surface area contributed by atoms with Crippen LogP contribution in [0.4, 0.5) is 0 Å². The second-order valence-corrected chi connectivity index (χ2v) is 5.97. The maximum atomic E-state index is 11.1. The number of hydrogen-bond donors (Lipinski definition) is 0. The van der Waals surface area contributed by atoms with E-state index in [1.807, 2.05) is 66.7 Å². The van der Waals surface area contributed by atoms with Crippen molar-refractivity contribution >= 4 is 6.29 Å². The van der Waals surface area contributed by atoms with E-state index in [0.29, 0.717) is 32.0 Å². The van der Waals surface area contributed by atoms with E-state index in [2.05, 4.69) is 0 Å². The van der Waals surface area contributed by atoms with Gasteiger partial charge in [-0.05, 0) is 17.2 Å². The molecule has 1 aliphatic rings. The summed E-state index contributed by atoms with van der Waals surface area (Å²) in [6.45, 7) is 1.70. The molecular weight excluding hydrogens is 316 g/mol. The highest BCUT2D eigenvalue weighted by Gasteiger charge is 2.26. The Bertz CT molecular complexity index is 682. The molecule has 0 amide bonds. The fourth-order valence-electron chi connectivity index (χ4n) is 2.67. The van der Waals surface area contributed by atoms with E-state index in [9.17, 15) is 4.79 Å². The van der Waals surface area contributed by atoms with Gasteiger partial charge in [0.1, 0.15) is 18.5 Å². The van der Waals surface area contributed by atoms with Crippen LogP contribution < -0.4 is 0 Å². The molecule has 0 saturated heterocycles. The summed E-state index contributed by atoms with van der Waals surface area (Å²) in [6, 6.07) is 19.9. The molecule has 0 saturated carbocycles. The van der Waals surface area contributed by atoms with E-state index in [0.717, 1.165) is 17.4 Å². The van der Waals surface area contributed by atoms with Crippen LogP contribution in [-0.4, -0.2) is 31.7 Å². The highest BCUT2D eigenvalue weighted by molar-refractivity contribution is 5.73. The summed E-state index contributed by atoms with van der Waals surface area (Å²) in [6.07, 6.45) is 2.14. The number of hydrogen-bond acceptors (Lipinski definition) is 4. The van der Waals surface area contributed by atoms with E-state index >= 15 is 0 Å². The quantitative estimate of drug-likeness (QED) is 0.693. The van der Waals surface area contributed by atoms with E-state index in [-0.39, 0.29) is 12.2 Å². The first-order chi connectivity index (χ1) is 12.3. The minimum absolute atomic E-state index is 0.226. The molecule has 1 heterocycles. The van der Waals surface area contributed by atoms with Gasteiger partial charge in [-0.15, -0.1) is 0 Å². The van der Waals surface area contributed by atoms with Crippen molar-refractivity contribution in [3.05, 3.63) is 83.4 Å². The Balaban J connectivity index is 1.56. The number of rotatable bonds is 8. The van der Waals surface area contributed by atoms with Crippen molar-refractivity contribution in [2.24, 2.45) is 0 Å². The van der Waals surface area contributed by atoms with Gasteiger partial charge in [-0.3, -0.25) is 4.79 Å². The second kappa shape index (κ2) is 9.28. The largest absolute Gasteiger partial charge is 0.374 e. The zero-order valence-electron chi connectivity index (χ0n) is 14.0. The highest BCUT2D eigenvalue weighted by Crippen LogP contribution is 2.18. The van der Waals surface area contributed by atoms with Crippen molar-refractivity contribution in [1.29, 1.82) is 0 Å². The zero-order valence-corrected chi connectivity index (χ0v) is 14.0. The van der Waals surface area contributed by atoms with Crippen LogP contribution in [-0.2, 0) is 32.2 Å². The Morgan fingerprint density at radius 2 is 1.60 bits per heavy atom. The van der Waals surface area contributed by atoms with Crippen LogP contribution in [0, 0.1) is 0 Å². The normalized spacial score (nSPS) is 20.1. The van der Waals surface area contributed by atoms with Crippen LogP contribution in [0.2, 0.25) is 0 Å². The van der Waals surface area contributed by atoms with Crippen LogP contribution in [0.25, 0.3) is 0 Å². The Labute approximate surface area is 148 Å². The third-order valence-corrected chi connectivity index (χ3v) is 4.04. The number of ether oxygens (including phenoxy) is 3. The average Bonchev–Trinajstić information content (AvgIpc) is 2.68. The molecule has 0 spiro atoms. The summed E-state index contributed by atoms with van der Waals surface area (Å²) in [7, 11) is 0. The number of benzene rings is 2. The fourth-order valence-corrected chi connectivity index (χ4v) is 2.67. The molecule has 0 radical (unpaired) electrons. The van der Waals surface area contributed by atoms with Crippen molar-refractivity contribution < 1.29 is 19.0 Å². The van der Waals surface area contributed by atoms with Crippen LogP contribution in [0.5, 0.6) is 0 Å². The van der Waals surface area contributed by atoms with Gasteiger partial charge in [-0.1, -0.05) is 60.7 Å². The second-order valence-electron chi connectivity index (χ2n) is 5.97. The summed E-state index contributed by atoms with van der Waals surface area (Å²) in [4.78, 5) is 11.1. The Kier molecular flexibility index (Phi) is 6.51. The summed E-state index contributed by atoms with van der Waals surface area (Å²) in [5.41, 5.74) is 2.81. The number of aldehydes is 1. The van der Waals surface area contributed by atoms with Gasteiger partial charge in [0.15, 0.2) is 0 Å². The summed E-state index contributed by atoms with van der Waals surface area (Å²) >= 11 is 0. The predicted octanol–water partition coefficient (Wildman–Crippen LogP) is 3.31. The topological polar surface area (TPSA) is 44.8 Å². The molecule has 25 heavy (non-hydrogen) atoms. The van der Waals surface area contributed by atoms with E-state index < -0.39 is 0 Å². The van der Waals surface area contributed by atoms with Crippen molar-refractivity contribution in [2.75, 3.05) is 13.2 Å². The molecule has 0 unspecified atom stereocenters. The first-order valence-electron chi connectivity index (χ1n) is 8.40. The number of carbonyl (C=O) groups excluding carboxylic acids is 1. The summed E-state index contributed by atoms with van der Waals surface area (Å²) in [5.74, 6) is 0. The molecule has 0 fully saturated rings. The summed E-state index contributed by atoms with van der Waals surface area (Å²) in [5, 5.41) is 0. The van der Waals surface area contributed by atoms with E-state index in [1.54, 1.807) is 0 Å². The van der Waals surface area contributed by atoms with Gasteiger partial charge in [0, 0.05) is 5.57 Å². The smallest absolute Gasteiger partial charge is 0.148 e. The van der Waals surface area contributed by atoms with Gasteiger partial charge in [0.25, 0.3) is 0 Å². The lowest BCUT2D eigenvalue weighted by Crippen LogP contribution is -2.38. The third-order valence-electron chi connectivity index (χ3n) is 4.04. The molecule has 2 aromatic carbocycles. The maximum absolute atomic E-state index is 11.1. The first-order valence-corrected chi connectivity index (χ1v) is 8.40. The lowest BCUT2D eigenvalue weighted by molar-refractivity contribution is -0.112. The predicted molar refractivity (Wildman–Crippen MR) is 95.0 cm³/mol. The molecule has 3 rings (SSSR count). The minimum Gasteiger partial charge on any atom is -0.374 e. The third kappa shape index (κ3) is 5.36. The van der Waals surface area contributed by atoms with Gasteiger partial charge in [-0.25, -0.2) is 0 Å². The van der Waals surface area contributed by atoms with Crippen molar-refractivity contribution in [3.8, 4) is 0 Å². The lowest BCUT2D eigenvalue weighted by atomic mass is 10.1. The first kappa shape index (κ1) is 17.5. The average molecular weight is 338 g/mol. The maximum Gasteiger partial charge on any atom is 0.148 e. The van der Waals surface area contributed by atoms with Crippen molar-refractivity contribution in [2.45, 2.75) is 25.4 Å². The molecule has 4 nitrogen and oxygen atoms in total. The SMILES string of the molecule is O=CC1=C[C@H](OCc2ccccc2)[C@@H](COCc2ccccc2)OC1. The minimum atomic E-state index is -0.301. The number of carbonyl (C=O) groups is 1. The van der Waals surface area contributed by atoms with Crippen LogP contribution in [0.15, 0.2) is 72.3 Å². The van der Waals surface area contributed by atoms with Crippen LogP contribution in [0.1, 0.15) is 11.1 Å². The van der Waals surface area contributed by atoms with Crippen molar-refractivity contribution in [1.82, 2.24) is 0 Å². The lowest BCUT2D eigenvalue weighted by Gasteiger charge is -2.29. The molecule has 2 atom stereocenters. The van der Waals surface area contributed by atoms with E-state index in [4.69, 9.17) is 14.2 Å². The fraction of sp³-hybridized carbons (Fsp3) is 0.286. The molecule has 2 aromatic rings. The monoisotopic (exact) mass is 338 g/mol. The Hall–Kier alpha value is -2.27. The molecule has 0 bridgehead atoms. The molecular formula is C21H22O4. The van der Waals surface area contributed by atoms with E-state index in [1.165, 1.54) is 0 Å². The van der Waals surface area contributed by atoms with Gasteiger partial charge in [0.05, 0.1) is 26.4 Å². The molecule has 4 heteroatoms. The standard InChI is InChI=1S/C21H22O4/c22-12-19-11-20(24-14-18-9-5-2-6-10-18)21(25-15-19)16-23-13-17-7-3-1-4-8-17/h1-12,20-21H,13-16H2/t20-,21+/m0/s1. The van der Waals surface area contributed by atoms with Crippen LogP contribution in [0.3, 0.4) is 0 Å². The van der Waals surface area contributed by atoms with Gasteiger partial charge >= 0.3 is 0 Å². The Morgan fingerprint density at radius 3 is 2.24 bits per heavy atom. The highest BCUT2D eigenvalue weighted by atomic mass is 16.6. The molecule has 0 aromatic heterocycles. The molecule has 130 valence electrons.